The average Bonchev–Trinajstić information content (AvgIpc) is 3.42. The Balaban J connectivity index is 1.55. The number of nitrogens with one attached hydrogen (secondary N) is 1. The summed E-state index contributed by atoms with van der Waals surface area (Å²) in [5.41, 5.74) is 3.14. The molecule has 37 heavy (non-hydrogen) atoms. The van der Waals surface area contributed by atoms with Crippen LogP contribution in [0.5, 0.6) is 0 Å². The monoisotopic (exact) mass is 598 g/mol. The third-order valence-electron chi connectivity index (χ3n) is 6.65. The Hall–Kier alpha value is -2.28. The van der Waals surface area contributed by atoms with E-state index in [9.17, 15) is 9.59 Å². The molecular formula is C30H32BrClN2O2S. The largest absolute Gasteiger partial charge is 0.352 e. The van der Waals surface area contributed by atoms with Crippen LogP contribution in [0.1, 0.15) is 42.4 Å². The minimum absolute atomic E-state index is 0.0376. The average molecular weight is 600 g/mol. The van der Waals surface area contributed by atoms with E-state index < -0.39 is 6.04 Å². The first-order valence-electron chi connectivity index (χ1n) is 12.7. The molecule has 0 radical (unpaired) electrons. The quantitative estimate of drug-likeness (QED) is 0.257. The van der Waals surface area contributed by atoms with E-state index in [-0.39, 0.29) is 17.9 Å². The molecule has 0 heterocycles. The first-order valence-corrected chi connectivity index (χ1v) is 15.0. The second-order valence-corrected chi connectivity index (χ2v) is 11.8. The number of hydrogen-bond donors (Lipinski definition) is 1. The van der Waals surface area contributed by atoms with Crippen molar-refractivity contribution in [2.75, 3.05) is 5.75 Å². The number of halogens is 2. The van der Waals surface area contributed by atoms with E-state index in [4.69, 9.17) is 11.6 Å². The van der Waals surface area contributed by atoms with Crippen LogP contribution in [-0.2, 0) is 28.3 Å². The standard InChI is InChI=1S/C30H32BrClN2O2S/c31-25-14-10-23(11-15-25)19-34(29(35)21-37-20-24-12-16-26(32)17-13-24)28(18-22-6-2-1-3-7-22)30(36)33-27-8-4-5-9-27/h1-3,6-7,10-17,27-28H,4-5,8-9,18-21H2,(H,33,36)/t28-/m1/s1. The smallest absolute Gasteiger partial charge is 0.243 e. The van der Waals surface area contributed by atoms with Gasteiger partial charge in [-0.25, -0.2) is 0 Å². The zero-order chi connectivity index (χ0) is 26.0. The van der Waals surface area contributed by atoms with Crippen molar-refractivity contribution in [3.05, 3.63) is 105 Å². The Morgan fingerprint density at radius 1 is 0.919 bits per heavy atom. The van der Waals surface area contributed by atoms with Crippen molar-refractivity contribution < 1.29 is 9.59 Å². The minimum Gasteiger partial charge on any atom is -0.352 e. The number of carbonyl (C=O) groups excluding carboxylic acids is 2. The van der Waals surface area contributed by atoms with Gasteiger partial charge in [-0.05, 0) is 53.8 Å². The van der Waals surface area contributed by atoms with Crippen LogP contribution in [0.3, 0.4) is 0 Å². The maximum absolute atomic E-state index is 13.7. The van der Waals surface area contributed by atoms with Crippen LogP contribution in [0.4, 0.5) is 0 Å². The maximum atomic E-state index is 13.7. The number of carbonyl (C=O) groups is 2. The summed E-state index contributed by atoms with van der Waals surface area (Å²) in [5.74, 6) is 0.890. The number of benzene rings is 3. The number of nitrogens with zero attached hydrogens (tertiary/aromatic N) is 1. The van der Waals surface area contributed by atoms with E-state index in [1.807, 2.05) is 78.9 Å². The molecule has 0 unspecified atom stereocenters. The van der Waals surface area contributed by atoms with Crippen LogP contribution in [0, 0.1) is 0 Å². The molecule has 1 atom stereocenters. The van der Waals surface area contributed by atoms with E-state index in [0.29, 0.717) is 29.5 Å². The highest BCUT2D eigenvalue weighted by Crippen LogP contribution is 2.22. The SMILES string of the molecule is O=C(NC1CCCC1)[C@@H](Cc1ccccc1)N(Cc1ccc(Br)cc1)C(=O)CSCc1ccc(Cl)cc1. The van der Waals surface area contributed by atoms with E-state index >= 15 is 0 Å². The van der Waals surface area contributed by atoms with Crippen LogP contribution in [0.15, 0.2) is 83.3 Å². The Labute approximate surface area is 237 Å². The molecule has 7 heteroatoms. The Bertz CT molecular complexity index is 1150. The van der Waals surface area contributed by atoms with Crippen molar-refractivity contribution in [2.45, 2.75) is 56.5 Å². The molecule has 0 aliphatic heterocycles. The summed E-state index contributed by atoms with van der Waals surface area (Å²) in [7, 11) is 0. The molecule has 0 spiro atoms. The first-order chi connectivity index (χ1) is 18.0. The summed E-state index contributed by atoms with van der Waals surface area (Å²) < 4.78 is 0.979. The molecule has 4 rings (SSSR count). The van der Waals surface area contributed by atoms with Gasteiger partial charge in [0.2, 0.25) is 11.8 Å². The summed E-state index contributed by atoms with van der Waals surface area (Å²) >= 11 is 11.1. The van der Waals surface area contributed by atoms with Crippen molar-refractivity contribution in [3.63, 3.8) is 0 Å². The third-order valence-corrected chi connectivity index (χ3v) is 8.42. The van der Waals surface area contributed by atoms with Gasteiger partial charge < -0.3 is 10.2 Å². The van der Waals surface area contributed by atoms with E-state index in [2.05, 4.69) is 21.2 Å². The Morgan fingerprint density at radius 2 is 1.57 bits per heavy atom. The van der Waals surface area contributed by atoms with Gasteiger partial charge in [0.05, 0.1) is 5.75 Å². The Morgan fingerprint density at radius 3 is 2.24 bits per heavy atom. The molecule has 2 amide bonds. The minimum atomic E-state index is -0.588. The van der Waals surface area contributed by atoms with Crippen LogP contribution in [0.2, 0.25) is 5.02 Å². The molecule has 194 valence electrons. The number of thioether (sulfide) groups is 1. The van der Waals surface area contributed by atoms with Crippen molar-refractivity contribution in [1.29, 1.82) is 0 Å². The zero-order valence-corrected chi connectivity index (χ0v) is 23.9. The summed E-state index contributed by atoms with van der Waals surface area (Å²) in [6.07, 6.45) is 4.75. The van der Waals surface area contributed by atoms with Gasteiger partial charge >= 0.3 is 0 Å². The van der Waals surface area contributed by atoms with Gasteiger partial charge in [-0.3, -0.25) is 9.59 Å². The lowest BCUT2D eigenvalue weighted by Crippen LogP contribution is -2.52. The number of amides is 2. The highest BCUT2D eigenvalue weighted by atomic mass is 79.9. The highest BCUT2D eigenvalue weighted by Gasteiger charge is 2.32. The first kappa shape index (κ1) is 27.7. The van der Waals surface area contributed by atoms with Crippen LogP contribution in [-0.4, -0.2) is 34.6 Å². The number of hydrogen-bond acceptors (Lipinski definition) is 3. The second kappa shape index (κ2) is 14.0. The summed E-state index contributed by atoms with van der Waals surface area (Å²) in [6, 6.07) is 25.2. The van der Waals surface area contributed by atoms with E-state index in [1.54, 1.807) is 16.7 Å². The van der Waals surface area contributed by atoms with Crippen molar-refractivity contribution in [3.8, 4) is 0 Å². The molecule has 0 aromatic heterocycles. The van der Waals surface area contributed by atoms with Gasteiger partial charge in [0.1, 0.15) is 6.04 Å². The zero-order valence-electron chi connectivity index (χ0n) is 20.7. The molecule has 1 N–H and O–H groups in total. The molecule has 1 saturated carbocycles. The fourth-order valence-electron chi connectivity index (χ4n) is 4.63. The van der Waals surface area contributed by atoms with Gasteiger partial charge in [0.15, 0.2) is 0 Å². The maximum Gasteiger partial charge on any atom is 0.243 e. The van der Waals surface area contributed by atoms with Crippen molar-refractivity contribution in [2.24, 2.45) is 0 Å². The Kier molecular flexibility index (Phi) is 10.5. The molecule has 3 aromatic rings. The summed E-state index contributed by atoms with van der Waals surface area (Å²) in [4.78, 5) is 29.2. The fraction of sp³-hybridized carbons (Fsp3) is 0.333. The predicted molar refractivity (Wildman–Crippen MR) is 157 cm³/mol. The molecular weight excluding hydrogens is 568 g/mol. The van der Waals surface area contributed by atoms with Crippen molar-refractivity contribution >= 4 is 51.1 Å². The molecule has 4 nitrogen and oxygen atoms in total. The molecule has 0 bridgehead atoms. The lowest BCUT2D eigenvalue weighted by molar-refractivity contribution is -0.139. The van der Waals surface area contributed by atoms with Crippen LogP contribution < -0.4 is 5.32 Å². The normalized spacial score (nSPS) is 14.3. The van der Waals surface area contributed by atoms with Crippen LogP contribution >= 0.6 is 39.3 Å². The van der Waals surface area contributed by atoms with Gasteiger partial charge in [-0.2, -0.15) is 0 Å². The summed E-state index contributed by atoms with van der Waals surface area (Å²) in [5, 5.41) is 3.95. The second-order valence-electron chi connectivity index (χ2n) is 9.46. The molecule has 1 aliphatic rings. The van der Waals surface area contributed by atoms with Gasteiger partial charge in [0, 0.05) is 34.3 Å². The molecule has 1 fully saturated rings. The molecule has 1 aliphatic carbocycles. The molecule has 3 aromatic carbocycles. The van der Waals surface area contributed by atoms with E-state index in [1.165, 1.54) is 0 Å². The lowest BCUT2D eigenvalue weighted by atomic mass is 10.0. The molecule has 0 saturated heterocycles. The number of rotatable bonds is 11. The topological polar surface area (TPSA) is 49.4 Å². The van der Waals surface area contributed by atoms with E-state index in [0.717, 1.165) is 46.8 Å². The predicted octanol–water partition coefficient (Wildman–Crippen LogP) is 7.03. The third kappa shape index (κ3) is 8.62. The van der Waals surface area contributed by atoms with Crippen LogP contribution in [0.25, 0.3) is 0 Å². The summed E-state index contributed by atoms with van der Waals surface area (Å²) in [6.45, 7) is 0.378. The fourth-order valence-corrected chi connectivity index (χ4v) is 5.89. The van der Waals surface area contributed by atoms with Gasteiger partial charge in [-0.1, -0.05) is 95.0 Å². The van der Waals surface area contributed by atoms with Gasteiger partial charge in [-0.15, -0.1) is 11.8 Å². The highest BCUT2D eigenvalue weighted by molar-refractivity contribution is 9.10. The van der Waals surface area contributed by atoms with Crippen molar-refractivity contribution in [1.82, 2.24) is 10.2 Å². The van der Waals surface area contributed by atoms with Gasteiger partial charge in [0.25, 0.3) is 0 Å². The lowest BCUT2D eigenvalue weighted by Gasteiger charge is -2.32.